The van der Waals surface area contributed by atoms with Gasteiger partial charge in [0.2, 0.25) is 11.8 Å². The number of carbonyl (C=O) groups excluding carboxylic acids is 2. The molecule has 1 N–H and O–H groups in total. The van der Waals surface area contributed by atoms with Crippen LogP contribution in [0.25, 0.3) is 0 Å². The smallest absolute Gasteiger partial charge is 0.246 e. The molecular formula is C11H20N2O2. The van der Waals surface area contributed by atoms with E-state index >= 15 is 0 Å². The number of allylic oxidation sites excluding steroid dienone is 1. The second kappa shape index (κ2) is 7.04. The van der Waals surface area contributed by atoms with Crippen molar-refractivity contribution >= 4 is 11.8 Å². The fraction of sp³-hybridized carbons (Fsp3) is 0.636. The molecule has 0 bridgehead atoms. The van der Waals surface area contributed by atoms with E-state index in [-0.39, 0.29) is 24.4 Å². The van der Waals surface area contributed by atoms with Gasteiger partial charge in [-0.05, 0) is 33.8 Å². The highest BCUT2D eigenvalue weighted by atomic mass is 16.2. The standard InChI is InChI=1S/C11H20N2O2/c1-5-7-11(15)13(6-2)8-10(14)12-9(3)4/h5,7,9H,6,8H2,1-4H3,(H,12,14). The lowest BCUT2D eigenvalue weighted by Crippen LogP contribution is -2.42. The van der Waals surface area contributed by atoms with Gasteiger partial charge in [0.1, 0.15) is 0 Å². The minimum Gasteiger partial charge on any atom is -0.352 e. The largest absolute Gasteiger partial charge is 0.352 e. The summed E-state index contributed by atoms with van der Waals surface area (Å²) in [7, 11) is 0. The Bertz CT molecular complexity index is 247. The lowest BCUT2D eigenvalue weighted by molar-refractivity contribution is -0.132. The molecule has 0 saturated carbocycles. The van der Waals surface area contributed by atoms with Crippen molar-refractivity contribution in [2.24, 2.45) is 0 Å². The summed E-state index contributed by atoms with van der Waals surface area (Å²) in [5.41, 5.74) is 0. The van der Waals surface area contributed by atoms with E-state index in [0.717, 1.165) is 0 Å². The van der Waals surface area contributed by atoms with Crippen molar-refractivity contribution in [3.05, 3.63) is 12.2 Å². The highest BCUT2D eigenvalue weighted by Gasteiger charge is 2.13. The number of nitrogens with one attached hydrogen (secondary N) is 1. The topological polar surface area (TPSA) is 49.4 Å². The number of carbonyl (C=O) groups is 2. The second-order valence-electron chi connectivity index (χ2n) is 3.57. The van der Waals surface area contributed by atoms with Gasteiger partial charge in [-0.2, -0.15) is 0 Å². The highest BCUT2D eigenvalue weighted by Crippen LogP contribution is 1.92. The molecule has 15 heavy (non-hydrogen) atoms. The van der Waals surface area contributed by atoms with Gasteiger partial charge in [-0.1, -0.05) is 6.08 Å². The first-order valence-electron chi connectivity index (χ1n) is 5.22. The Kier molecular flexibility index (Phi) is 6.42. The fourth-order valence-electron chi connectivity index (χ4n) is 1.13. The molecular weight excluding hydrogens is 192 g/mol. The van der Waals surface area contributed by atoms with Gasteiger partial charge in [0, 0.05) is 12.6 Å². The molecule has 0 aromatic rings. The molecule has 4 nitrogen and oxygen atoms in total. The van der Waals surface area contributed by atoms with Crippen molar-refractivity contribution in [1.29, 1.82) is 0 Å². The van der Waals surface area contributed by atoms with Crippen LogP contribution in [0.4, 0.5) is 0 Å². The first kappa shape index (κ1) is 13.7. The molecule has 86 valence electrons. The van der Waals surface area contributed by atoms with Gasteiger partial charge in [-0.25, -0.2) is 0 Å². The van der Waals surface area contributed by atoms with Crippen molar-refractivity contribution < 1.29 is 9.59 Å². The lowest BCUT2D eigenvalue weighted by atomic mass is 10.3. The van der Waals surface area contributed by atoms with E-state index in [9.17, 15) is 9.59 Å². The zero-order chi connectivity index (χ0) is 11.8. The molecule has 0 heterocycles. The van der Waals surface area contributed by atoms with Gasteiger partial charge in [0.15, 0.2) is 0 Å². The van der Waals surface area contributed by atoms with E-state index in [0.29, 0.717) is 6.54 Å². The maximum Gasteiger partial charge on any atom is 0.246 e. The molecule has 0 spiro atoms. The summed E-state index contributed by atoms with van der Waals surface area (Å²) in [5, 5.41) is 2.75. The monoisotopic (exact) mass is 212 g/mol. The Morgan fingerprint density at radius 1 is 1.40 bits per heavy atom. The third kappa shape index (κ3) is 5.88. The molecule has 0 aromatic heterocycles. The minimum atomic E-state index is -0.126. The van der Waals surface area contributed by atoms with Crippen LogP contribution in [0, 0.1) is 0 Å². The zero-order valence-electron chi connectivity index (χ0n) is 9.91. The number of nitrogens with zero attached hydrogens (tertiary/aromatic N) is 1. The van der Waals surface area contributed by atoms with Crippen LogP contribution in [0.5, 0.6) is 0 Å². The Labute approximate surface area is 91.3 Å². The van der Waals surface area contributed by atoms with Crippen LogP contribution in [-0.4, -0.2) is 35.8 Å². The first-order chi connectivity index (χ1) is 7.01. The molecule has 4 heteroatoms. The van der Waals surface area contributed by atoms with Gasteiger partial charge in [-0.15, -0.1) is 0 Å². The van der Waals surface area contributed by atoms with Gasteiger partial charge in [-0.3, -0.25) is 9.59 Å². The number of hydrogen-bond acceptors (Lipinski definition) is 2. The lowest BCUT2D eigenvalue weighted by Gasteiger charge is -2.19. The molecule has 2 amide bonds. The molecule has 0 aliphatic carbocycles. The maximum atomic E-state index is 11.5. The number of hydrogen-bond donors (Lipinski definition) is 1. The van der Waals surface area contributed by atoms with Crippen LogP contribution < -0.4 is 5.32 Å². The fourth-order valence-corrected chi connectivity index (χ4v) is 1.13. The Morgan fingerprint density at radius 2 is 2.00 bits per heavy atom. The molecule has 0 saturated heterocycles. The SMILES string of the molecule is CC=CC(=O)N(CC)CC(=O)NC(C)C. The summed E-state index contributed by atoms with van der Waals surface area (Å²) in [6.45, 7) is 8.07. The predicted octanol–water partition coefficient (Wildman–Crippen LogP) is 0.936. The van der Waals surface area contributed by atoms with Crippen molar-refractivity contribution in [2.45, 2.75) is 33.7 Å². The molecule has 0 unspecified atom stereocenters. The predicted molar refractivity (Wildman–Crippen MR) is 60.3 cm³/mol. The number of likely N-dealkylation sites (N-methyl/N-ethyl adjacent to an activating group) is 1. The minimum absolute atomic E-state index is 0.105. The summed E-state index contributed by atoms with van der Waals surface area (Å²) in [4.78, 5) is 24.4. The summed E-state index contributed by atoms with van der Waals surface area (Å²) < 4.78 is 0. The third-order valence-corrected chi connectivity index (χ3v) is 1.79. The van der Waals surface area contributed by atoms with Crippen molar-refractivity contribution in [3.63, 3.8) is 0 Å². The molecule has 0 aromatic carbocycles. The van der Waals surface area contributed by atoms with E-state index in [1.54, 1.807) is 13.0 Å². The molecule has 0 rings (SSSR count). The van der Waals surface area contributed by atoms with Gasteiger partial charge >= 0.3 is 0 Å². The second-order valence-corrected chi connectivity index (χ2v) is 3.57. The summed E-state index contributed by atoms with van der Waals surface area (Å²) in [6, 6.07) is 0.105. The van der Waals surface area contributed by atoms with Crippen molar-refractivity contribution in [1.82, 2.24) is 10.2 Å². The van der Waals surface area contributed by atoms with Crippen molar-refractivity contribution in [2.75, 3.05) is 13.1 Å². The van der Waals surface area contributed by atoms with Crippen molar-refractivity contribution in [3.8, 4) is 0 Å². The van der Waals surface area contributed by atoms with Gasteiger partial charge in [0.05, 0.1) is 6.54 Å². The Balaban J connectivity index is 4.21. The van der Waals surface area contributed by atoms with E-state index < -0.39 is 0 Å². The zero-order valence-corrected chi connectivity index (χ0v) is 9.91. The number of amides is 2. The van der Waals surface area contributed by atoms with Crippen LogP contribution in [0.1, 0.15) is 27.7 Å². The average Bonchev–Trinajstić information content (AvgIpc) is 2.13. The van der Waals surface area contributed by atoms with Gasteiger partial charge < -0.3 is 10.2 Å². The van der Waals surface area contributed by atoms with E-state index in [4.69, 9.17) is 0 Å². The molecule has 0 fully saturated rings. The van der Waals surface area contributed by atoms with Gasteiger partial charge in [0.25, 0.3) is 0 Å². The van der Waals surface area contributed by atoms with E-state index in [2.05, 4.69) is 5.32 Å². The Hall–Kier alpha value is -1.32. The Morgan fingerprint density at radius 3 is 2.40 bits per heavy atom. The maximum absolute atomic E-state index is 11.5. The molecule has 0 aliphatic rings. The quantitative estimate of drug-likeness (QED) is 0.689. The third-order valence-electron chi connectivity index (χ3n) is 1.79. The van der Waals surface area contributed by atoms with E-state index in [1.165, 1.54) is 11.0 Å². The molecule has 0 radical (unpaired) electrons. The van der Waals surface area contributed by atoms with E-state index in [1.807, 2.05) is 20.8 Å². The summed E-state index contributed by atoms with van der Waals surface area (Å²) in [5.74, 6) is -0.247. The normalized spacial score (nSPS) is 10.7. The van der Waals surface area contributed by atoms with Crippen LogP contribution in [0.3, 0.4) is 0 Å². The highest BCUT2D eigenvalue weighted by molar-refractivity contribution is 5.91. The summed E-state index contributed by atoms with van der Waals surface area (Å²) >= 11 is 0. The van der Waals surface area contributed by atoms with Crippen LogP contribution in [-0.2, 0) is 9.59 Å². The molecule has 0 aliphatic heterocycles. The first-order valence-corrected chi connectivity index (χ1v) is 5.22. The van der Waals surface area contributed by atoms with Crippen LogP contribution in [0.15, 0.2) is 12.2 Å². The molecule has 0 atom stereocenters. The average molecular weight is 212 g/mol. The summed E-state index contributed by atoms with van der Waals surface area (Å²) in [6.07, 6.45) is 3.14. The van der Waals surface area contributed by atoms with Crippen LogP contribution >= 0.6 is 0 Å². The number of rotatable bonds is 5. The van der Waals surface area contributed by atoms with Crippen LogP contribution in [0.2, 0.25) is 0 Å².